The monoisotopic (exact) mass is 187 g/mol. The van der Waals surface area contributed by atoms with E-state index in [1.807, 2.05) is 0 Å². The van der Waals surface area contributed by atoms with Gasteiger partial charge in [0.1, 0.15) is 0 Å². The van der Waals surface area contributed by atoms with Crippen LogP contribution in [0.25, 0.3) is 0 Å². The summed E-state index contributed by atoms with van der Waals surface area (Å²) in [7, 11) is 1.75. The van der Waals surface area contributed by atoms with E-state index in [1.54, 1.807) is 7.11 Å². The van der Waals surface area contributed by atoms with Gasteiger partial charge in [-0.25, -0.2) is 0 Å². The first-order chi connectivity index (χ1) is 6.35. The number of ether oxygens (including phenoxy) is 1. The highest BCUT2D eigenvalue weighted by molar-refractivity contribution is 4.65. The highest BCUT2D eigenvalue weighted by Crippen LogP contribution is 2.06. The van der Waals surface area contributed by atoms with Crippen molar-refractivity contribution in [3.63, 3.8) is 0 Å². The molecule has 0 saturated carbocycles. The lowest BCUT2D eigenvalue weighted by atomic mass is 10.1. The number of unbranched alkanes of at least 4 members (excludes halogenated alkanes) is 1. The summed E-state index contributed by atoms with van der Waals surface area (Å²) < 4.78 is 5.01. The fourth-order valence-corrected chi connectivity index (χ4v) is 1.51. The van der Waals surface area contributed by atoms with Crippen molar-refractivity contribution in [3.05, 3.63) is 0 Å². The molecule has 0 aliphatic carbocycles. The van der Waals surface area contributed by atoms with E-state index >= 15 is 0 Å². The zero-order valence-corrected chi connectivity index (χ0v) is 9.44. The Balaban J connectivity index is 3.41. The number of methoxy groups -OCH3 is 1. The molecule has 0 heterocycles. The Morgan fingerprint density at radius 3 is 2.46 bits per heavy atom. The van der Waals surface area contributed by atoms with Gasteiger partial charge in [0, 0.05) is 19.7 Å². The highest BCUT2D eigenvalue weighted by Gasteiger charge is 2.04. The topological polar surface area (TPSA) is 21.3 Å². The molecule has 13 heavy (non-hydrogen) atoms. The van der Waals surface area contributed by atoms with Crippen molar-refractivity contribution >= 4 is 0 Å². The van der Waals surface area contributed by atoms with Crippen molar-refractivity contribution in [1.29, 1.82) is 0 Å². The summed E-state index contributed by atoms with van der Waals surface area (Å²) in [5, 5.41) is 3.53. The van der Waals surface area contributed by atoms with Crippen LogP contribution in [0.5, 0.6) is 0 Å². The molecule has 0 fully saturated rings. The third-order valence-corrected chi connectivity index (χ3v) is 2.28. The van der Waals surface area contributed by atoms with Gasteiger partial charge in [0.2, 0.25) is 0 Å². The maximum Gasteiger partial charge on any atom is 0.0587 e. The summed E-state index contributed by atoms with van der Waals surface area (Å²) in [5.41, 5.74) is 0. The number of hydrogen-bond donors (Lipinski definition) is 1. The highest BCUT2D eigenvalue weighted by atomic mass is 16.5. The zero-order valence-electron chi connectivity index (χ0n) is 9.44. The molecule has 0 aliphatic heterocycles. The minimum absolute atomic E-state index is 0.708. The van der Waals surface area contributed by atoms with Crippen molar-refractivity contribution in [1.82, 2.24) is 5.32 Å². The average Bonchev–Trinajstić information content (AvgIpc) is 2.14. The second kappa shape index (κ2) is 10.0. The van der Waals surface area contributed by atoms with Gasteiger partial charge in [-0.2, -0.15) is 0 Å². The first-order valence-corrected chi connectivity index (χ1v) is 5.57. The number of rotatable bonds is 9. The normalized spacial score (nSPS) is 13.2. The molecular weight excluding hydrogens is 162 g/mol. The summed E-state index contributed by atoms with van der Waals surface area (Å²) in [6.45, 7) is 6.31. The molecule has 1 unspecified atom stereocenters. The van der Waals surface area contributed by atoms with Crippen LogP contribution in [0, 0.1) is 0 Å². The minimum Gasteiger partial charge on any atom is -0.383 e. The molecule has 0 aromatic rings. The summed E-state index contributed by atoms with van der Waals surface area (Å²) in [6.07, 6.45) is 6.52. The minimum atomic E-state index is 0.708. The molecule has 0 bridgehead atoms. The molecule has 0 saturated heterocycles. The molecule has 0 aromatic carbocycles. The van der Waals surface area contributed by atoms with Gasteiger partial charge in [-0.15, -0.1) is 0 Å². The largest absolute Gasteiger partial charge is 0.383 e. The Morgan fingerprint density at radius 1 is 1.15 bits per heavy atom. The third-order valence-electron chi connectivity index (χ3n) is 2.28. The van der Waals surface area contributed by atoms with E-state index in [1.165, 1.54) is 32.1 Å². The maximum atomic E-state index is 5.01. The first-order valence-electron chi connectivity index (χ1n) is 5.57. The zero-order chi connectivity index (χ0) is 9.94. The molecule has 1 N–H and O–H groups in total. The Labute approximate surface area is 83.1 Å². The predicted octanol–water partition coefficient (Wildman–Crippen LogP) is 2.58. The van der Waals surface area contributed by atoms with Gasteiger partial charge in [0.25, 0.3) is 0 Å². The van der Waals surface area contributed by atoms with Crippen molar-refractivity contribution in [3.8, 4) is 0 Å². The quantitative estimate of drug-likeness (QED) is 0.560. The van der Waals surface area contributed by atoms with Gasteiger partial charge in [-0.05, 0) is 12.8 Å². The van der Waals surface area contributed by atoms with Crippen LogP contribution < -0.4 is 5.32 Å². The van der Waals surface area contributed by atoms with Gasteiger partial charge in [0.05, 0.1) is 6.61 Å². The van der Waals surface area contributed by atoms with Crippen LogP contribution in [0.15, 0.2) is 0 Å². The van der Waals surface area contributed by atoms with Gasteiger partial charge >= 0.3 is 0 Å². The average molecular weight is 187 g/mol. The van der Waals surface area contributed by atoms with Crippen molar-refractivity contribution in [2.24, 2.45) is 0 Å². The predicted molar refractivity (Wildman–Crippen MR) is 58.1 cm³/mol. The lowest BCUT2D eigenvalue weighted by Crippen LogP contribution is -2.31. The van der Waals surface area contributed by atoms with E-state index in [0.29, 0.717) is 6.04 Å². The maximum absolute atomic E-state index is 5.01. The van der Waals surface area contributed by atoms with Crippen LogP contribution in [-0.4, -0.2) is 26.3 Å². The lowest BCUT2D eigenvalue weighted by Gasteiger charge is -2.17. The summed E-state index contributed by atoms with van der Waals surface area (Å²) in [5.74, 6) is 0. The van der Waals surface area contributed by atoms with Gasteiger partial charge in [-0.3, -0.25) is 0 Å². The van der Waals surface area contributed by atoms with E-state index in [-0.39, 0.29) is 0 Å². The molecule has 2 nitrogen and oxygen atoms in total. The Bertz CT molecular complexity index is 96.1. The number of hydrogen-bond acceptors (Lipinski definition) is 2. The van der Waals surface area contributed by atoms with E-state index in [9.17, 15) is 0 Å². The SMILES string of the molecule is CCCCC(CCC)NCCOC. The van der Waals surface area contributed by atoms with Crippen LogP contribution in [0.3, 0.4) is 0 Å². The molecule has 0 aromatic heterocycles. The lowest BCUT2D eigenvalue weighted by molar-refractivity contribution is 0.194. The Kier molecular flexibility index (Phi) is 9.94. The van der Waals surface area contributed by atoms with E-state index in [4.69, 9.17) is 4.74 Å². The van der Waals surface area contributed by atoms with E-state index < -0.39 is 0 Å². The van der Waals surface area contributed by atoms with Crippen LogP contribution in [0.1, 0.15) is 46.0 Å². The van der Waals surface area contributed by atoms with Crippen molar-refractivity contribution in [2.45, 2.75) is 52.0 Å². The molecule has 0 radical (unpaired) electrons. The van der Waals surface area contributed by atoms with E-state index in [2.05, 4.69) is 19.2 Å². The van der Waals surface area contributed by atoms with Crippen LogP contribution in [0.2, 0.25) is 0 Å². The van der Waals surface area contributed by atoms with Crippen LogP contribution in [0.4, 0.5) is 0 Å². The van der Waals surface area contributed by atoms with Crippen LogP contribution >= 0.6 is 0 Å². The van der Waals surface area contributed by atoms with Crippen molar-refractivity contribution in [2.75, 3.05) is 20.3 Å². The van der Waals surface area contributed by atoms with Gasteiger partial charge < -0.3 is 10.1 Å². The van der Waals surface area contributed by atoms with Crippen molar-refractivity contribution < 1.29 is 4.74 Å². The molecule has 0 amide bonds. The van der Waals surface area contributed by atoms with Gasteiger partial charge in [-0.1, -0.05) is 33.1 Å². The second-order valence-corrected chi connectivity index (χ2v) is 3.57. The molecule has 0 aliphatic rings. The summed E-state index contributed by atoms with van der Waals surface area (Å²) >= 11 is 0. The molecule has 80 valence electrons. The first kappa shape index (κ1) is 12.9. The number of nitrogens with one attached hydrogen (secondary N) is 1. The van der Waals surface area contributed by atoms with Crippen LogP contribution in [-0.2, 0) is 4.74 Å². The summed E-state index contributed by atoms with van der Waals surface area (Å²) in [6, 6.07) is 0.708. The fraction of sp³-hybridized carbons (Fsp3) is 1.00. The molecule has 0 rings (SSSR count). The Morgan fingerprint density at radius 2 is 1.92 bits per heavy atom. The smallest absolute Gasteiger partial charge is 0.0587 e. The second-order valence-electron chi connectivity index (χ2n) is 3.57. The third kappa shape index (κ3) is 8.26. The molecular formula is C11H25NO. The standard InChI is InChI=1S/C11H25NO/c1-4-6-8-11(7-5-2)12-9-10-13-3/h11-12H,4-10H2,1-3H3. The Hall–Kier alpha value is -0.0800. The summed E-state index contributed by atoms with van der Waals surface area (Å²) in [4.78, 5) is 0. The molecule has 1 atom stereocenters. The molecule has 0 spiro atoms. The fourth-order valence-electron chi connectivity index (χ4n) is 1.51. The van der Waals surface area contributed by atoms with E-state index in [0.717, 1.165) is 13.2 Å². The van der Waals surface area contributed by atoms with Gasteiger partial charge in [0.15, 0.2) is 0 Å². The molecule has 2 heteroatoms.